The van der Waals surface area contributed by atoms with Crippen LogP contribution >= 0.6 is 0 Å². The highest BCUT2D eigenvalue weighted by molar-refractivity contribution is 7.91. The number of rotatable bonds is 8. The fraction of sp³-hybridized carbons (Fsp3) is 0.562. The summed E-state index contributed by atoms with van der Waals surface area (Å²) in [7, 11) is 0.0286. The van der Waals surface area contributed by atoms with E-state index in [1.165, 1.54) is 13.2 Å². The SMILES string of the molecule is COc1cc(CN(C)CC(=O)N[C@@H]2CCS(=O)(=O)C2)ccc1OC(F)F. The van der Waals surface area contributed by atoms with Crippen molar-refractivity contribution >= 4 is 15.7 Å². The zero-order valence-electron chi connectivity index (χ0n) is 14.6. The quantitative estimate of drug-likeness (QED) is 0.711. The number of alkyl halides is 2. The summed E-state index contributed by atoms with van der Waals surface area (Å²) in [6.07, 6.45) is 0.431. The van der Waals surface area contributed by atoms with E-state index in [9.17, 15) is 22.0 Å². The number of ether oxygens (including phenoxy) is 2. The first-order chi connectivity index (χ1) is 12.2. The number of nitrogens with zero attached hydrogens (tertiary/aromatic N) is 1. The van der Waals surface area contributed by atoms with Crippen molar-refractivity contribution in [3.63, 3.8) is 0 Å². The highest BCUT2D eigenvalue weighted by Gasteiger charge is 2.29. The van der Waals surface area contributed by atoms with Gasteiger partial charge in [0.15, 0.2) is 21.3 Å². The molecule has 1 N–H and O–H groups in total. The van der Waals surface area contributed by atoms with Gasteiger partial charge in [-0.05, 0) is 31.2 Å². The summed E-state index contributed by atoms with van der Waals surface area (Å²) in [5, 5.41) is 2.72. The van der Waals surface area contributed by atoms with Crippen molar-refractivity contribution in [1.29, 1.82) is 0 Å². The fourth-order valence-corrected chi connectivity index (χ4v) is 4.47. The van der Waals surface area contributed by atoms with Crippen LogP contribution in [-0.4, -0.2) is 64.1 Å². The molecule has 146 valence electrons. The van der Waals surface area contributed by atoms with Crippen molar-refractivity contribution in [2.75, 3.05) is 32.2 Å². The van der Waals surface area contributed by atoms with E-state index in [4.69, 9.17) is 4.74 Å². The Morgan fingerprint density at radius 2 is 2.12 bits per heavy atom. The van der Waals surface area contributed by atoms with E-state index in [0.717, 1.165) is 5.56 Å². The van der Waals surface area contributed by atoms with E-state index in [1.54, 1.807) is 24.1 Å². The Morgan fingerprint density at radius 3 is 2.69 bits per heavy atom. The summed E-state index contributed by atoms with van der Waals surface area (Å²) >= 11 is 0. The lowest BCUT2D eigenvalue weighted by Gasteiger charge is -2.19. The topological polar surface area (TPSA) is 84.9 Å². The lowest BCUT2D eigenvalue weighted by molar-refractivity contribution is -0.122. The fourth-order valence-electron chi connectivity index (χ4n) is 2.80. The summed E-state index contributed by atoms with van der Waals surface area (Å²) in [5.41, 5.74) is 0.752. The Morgan fingerprint density at radius 1 is 1.38 bits per heavy atom. The first-order valence-electron chi connectivity index (χ1n) is 7.98. The van der Waals surface area contributed by atoms with Gasteiger partial charge in [0, 0.05) is 12.6 Å². The molecule has 7 nitrogen and oxygen atoms in total. The van der Waals surface area contributed by atoms with Gasteiger partial charge < -0.3 is 14.8 Å². The standard InChI is InChI=1S/C16H22F2N2O5S/c1-20(9-15(21)19-12-5-6-26(22,23)10-12)8-11-3-4-13(25-16(17)18)14(7-11)24-2/h3-4,7,12,16H,5-6,8-10H2,1-2H3,(H,19,21)/t12-/m1/s1. The smallest absolute Gasteiger partial charge is 0.387 e. The van der Waals surface area contributed by atoms with Crippen LogP contribution in [0.4, 0.5) is 8.78 Å². The third kappa shape index (κ3) is 6.10. The van der Waals surface area contributed by atoms with Crippen LogP contribution in [0.15, 0.2) is 18.2 Å². The molecule has 2 rings (SSSR count). The number of sulfone groups is 1. The number of halogens is 2. The Hall–Kier alpha value is -1.94. The van der Waals surface area contributed by atoms with Crippen LogP contribution in [0.2, 0.25) is 0 Å². The molecule has 1 aliphatic rings. The zero-order valence-corrected chi connectivity index (χ0v) is 15.4. The van der Waals surface area contributed by atoms with Crippen molar-refractivity contribution in [3.05, 3.63) is 23.8 Å². The predicted octanol–water partition coefficient (Wildman–Crippen LogP) is 1.03. The molecule has 1 heterocycles. The first-order valence-corrected chi connectivity index (χ1v) is 9.80. The maximum absolute atomic E-state index is 12.3. The number of carbonyl (C=O) groups is 1. The van der Waals surface area contributed by atoms with Crippen molar-refractivity contribution in [3.8, 4) is 11.5 Å². The minimum Gasteiger partial charge on any atom is -0.493 e. The average Bonchev–Trinajstić information content (AvgIpc) is 2.86. The largest absolute Gasteiger partial charge is 0.493 e. The predicted molar refractivity (Wildman–Crippen MR) is 91.2 cm³/mol. The Kier molecular flexibility index (Phi) is 6.76. The van der Waals surface area contributed by atoms with Gasteiger partial charge in [-0.2, -0.15) is 8.78 Å². The number of amides is 1. The van der Waals surface area contributed by atoms with Gasteiger partial charge in [0.1, 0.15) is 0 Å². The maximum Gasteiger partial charge on any atom is 0.387 e. The summed E-state index contributed by atoms with van der Waals surface area (Å²) in [6.45, 7) is -2.49. The molecule has 1 amide bonds. The molecule has 26 heavy (non-hydrogen) atoms. The summed E-state index contributed by atoms with van der Waals surface area (Å²) in [6, 6.07) is 4.22. The van der Waals surface area contributed by atoms with Crippen molar-refractivity contribution in [1.82, 2.24) is 10.2 Å². The molecule has 0 saturated carbocycles. The second kappa shape index (κ2) is 8.63. The number of carbonyl (C=O) groups excluding carboxylic acids is 1. The number of nitrogens with one attached hydrogen (secondary N) is 1. The lowest BCUT2D eigenvalue weighted by atomic mass is 10.2. The molecule has 0 spiro atoms. The van der Waals surface area contributed by atoms with Gasteiger partial charge in [-0.25, -0.2) is 8.42 Å². The second-order valence-electron chi connectivity index (χ2n) is 6.20. The molecule has 0 aliphatic carbocycles. The highest BCUT2D eigenvalue weighted by Crippen LogP contribution is 2.29. The summed E-state index contributed by atoms with van der Waals surface area (Å²) in [5.74, 6) is -0.0728. The van der Waals surface area contributed by atoms with Gasteiger partial charge >= 0.3 is 6.61 Å². The molecule has 1 saturated heterocycles. The Bertz CT molecular complexity index is 742. The molecular formula is C16H22F2N2O5S. The van der Waals surface area contributed by atoms with Gasteiger partial charge in [-0.3, -0.25) is 9.69 Å². The zero-order chi connectivity index (χ0) is 19.3. The van der Waals surface area contributed by atoms with E-state index >= 15 is 0 Å². The molecule has 1 atom stereocenters. The normalized spacial score (nSPS) is 18.9. The molecule has 10 heteroatoms. The monoisotopic (exact) mass is 392 g/mol. The Labute approximate surface area is 151 Å². The molecular weight excluding hydrogens is 370 g/mol. The number of hydrogen-bond donors (Lipinski definition) is 1. The molecule has 1 aliphatic heterocycles. The molecule has 0 radical (unpaired) electrons. The number of hydrogen-bond acceptors (Lipinski definition) is 6. The maximum atomic E-state index is 12.3. The third-order valence-electron chi connectivity index (χ3n) is 3.91. The summed E-state index contributed by atoms with van der Waals surface area (Å²) < 4.78 is 56.9. The van der Waals surface area contributed by atoms with Crippen LogP contribution in [0, 0.1) is 0 Å². The van der Waals surface area contributed by atoms with Gasteiger partial charge in [0.05, 0.1) is 25.2 Å². The van der Waals surface area contributed by atoms with Crippen LogP contribution in [0.25, 0.3) is 0 Å². The Balaban J connectivity index is 1.88. The van der Waals surface area contributed by atoms with E-state index in [1.807, 2.05) is 0 Å². The van der Waals surface area contributed by atoms with Crippen molar-refractivity contribution in [2.24, 2.45) is 0 Å². The van der Waals surface area contributed by atoms with Gasteiger partial charge in [0.2, 0.25) is 5.91 Å². The molecule has 0 bridgehead atoms. The van der Waals surface area contributed by atoms with Crippen LogP contribution in [-0.2, 0) is 21.2 Å². The molecule has 1 aromatic rings. The molecule has 0 unspecified atom stereocenters. The number of benzene rings is 1. The van der Waals surface area contributed by atoms with Crippen LogP contribution in [0.1, 0.15) is 12.0 Å². The van der Waals surface area contributed by atoms with E-state index in [0.29, 0.717) is 13.0 Å². The first kappa shape index (κ1) is 20.4. The van der Waals surface area contributed by atoms with Crippen molar-refractivity contribution < 1.29 is 31.5 Å². The minimum atomic E-state index is -3.05. The molecule has 1 aromatic carbocycles. The van der Waals surface area contributed by atoms with E-state index < -0.39 is 16.4 Å². The average molecular weight is 392 g/mol. The minimum absolute atomic E-state index is 0.0226. The second-order valence-corrected chi connectivity index (χ2v) is 8.43. The molecule has 1 fully saturated rings. The van der Waals surface area contributed by atoms with Gasteiger partial charge in [-0.1, -0.05) is 6.07 Å². The van der Waals surface area contributed by atoms with Crippen LogP contribution in [0.3, 0.4) is 0 Å². The van der Waals surface area contributed by atoms with E-state index in [-0.39, 0.29) is 41.5 Å². The van der Waals surface area contributed by atoms with Gasteiger partial charge in [0.25, 0.3) is 0 Å². The van der Waals surface area contributed by atoms with Crippen LogP contribution < -0.4 is 14.8 Å². The van der Waals surface area contributed by atoms with Crippen LogP contribution in [0.5, 0.6) is 11.5 Å². The number of likely N-dealkylation sites (N-methyl/N-ethyl adjacent to an activating group) is 1. The summed E-state index contributed by atoms with van der Waals surface area (Å²) in [4.78, 5) is 13.8. The van der Waals surface area contributed by atoms with Crippen molar-refractivity contribution in [2.45, 2.75) is 25.6 Å². The molecule has 0 aromatic heterocycles. The van der Waals surface area contributed by atoms with Gasteiger partial charge in [-0.15, -0.1) is 0 Å². The van der Waals surface area contributed by atoms with E-state index in [2.05, 4.69) is 10.1 Å². The third-order valence-corrected chi connectivity index (χ3v) is 5.68. The number of methoxy groups -OCH3 is 1. The highest BCUT2D eigenvalue weighted by atomic mass is 32.2. The lowest BCUT2D eigenvalue weighted by Crippen LogP contribution is -2.41.